The molecule has 4 rings (SSSR count). The molecule has 23 heavy (non-hydrogen) atoms. The highest BCUT2D eigenvalue weighted by molar-refractivity contribution is 5.87. The number of fused-ring (bicyclic) bond motifs is 1. The molecule has 1 aromatic heterocycles. The number of benzene rings is 2. The monoisotopic (exact) mass is 298 g/mol. The van der Waals surface area contributed by atoms with E-state index in [9.17, 15) is 0 Å². The van der Waals surface area contributed by atoms with Crippen LogP contribution in [0.2, 0.25) is 0 Å². The maximum absolute atomic E-state index is 4.49. The van der Waals surface area contributed by atoms with Crippen LogP contribution in [0.1, 0.15) is 24.0 Å². The highest BCUT2D eigenvalue weighted by atomic mass is 15.3. The normalized spacial score (nSPS) is 14.5. The lowest BCUT2D eigenvalue weighted by molar-refractivity contribution is 0.969. The molecule has 112 valence electrons. The molecule has 2 heteroatoms. The summed E-state index contributed by atoms with van der Waals surface area (Å²) < 4.78 is 1.94. The van der Waals surface area contributed by atoms with E-state index in [0.717, 1.165) is 23.7 Å². The van der Waals surface area contributed by atoms with Crippen molar-refractivity contribution < 1.29 is 0 Å². The Morgan fingerprint density at radius 2 is 1.91 bits per heavy atom. The molecule has 0 N–H and O–H groups in total. The smallest absolute Gasteiger partial charge is 0.0740 e. The molecule has 0 unspecified atom stereocenters. The minimum absolute atomic E-state index is 1.12. The van der Waals surface area contributed by atoms with Crippen LogP contribution in [0, 0.1) is 0 Å². The van der Waals surface area contributed by atoms with Crippen molar-refractivity contribution in [2.24, 2.45) is 0 Å². The van der Waals surface area contributed by atoms with Crippen molar-refractivity contribution in [3.05, 3.63) is 84.1 Å². The predicted molar refractivity (Wildman–Crippen MR) is 97.8 cm³/mol. The molecule has 0 saturated carbocycles. The van der Waals surface area contributed by atoms with E-state index in [1.165, 1.54) is 16.7 Å². The van der Waals surface area contributed by atoms with Crippen molar-refractivity contribution in [3.8, 4) is 0 Å². The molecule has 0 fully saturated rings. The Morgan fingerprint density at radius 1 is 1.00 bits per heavy atom. The molecule has 0 aliphatic heterocycles. The van der Waals surface area contributed by atoms with Gasteiger partial charge in [0.2, 0.25) is 0 Å². The largest absolute Gasteiger partial charge is 0.240 e. The number of nitrogens with zero attached hydrogens (tertiary/aromatic N) is 2. The van der Waals surface area contributed by atoms with Gasteiger partial charge >= 0.3 is 0 Å². The van der Waals surface area contributed by atoms with Gasteiger partial charge in [-0.25, -0.2) is 4.68 Å². The summed E-state index contributed by atoms with van der Waals surface area (Å²) in [6.45, 7) is 0. The van der Waals surface area contributed by atoms with Gasteiger partial charge in [0.05, 0.1) is 11.7 Å². The Kier molecular flexibility index (Phi) is 3.65. The van der Waals surface area contributed by atoms with Gasteiger partial charge in [-0.3, -0.25) is 0 Å². The number of rotatable bonds is 3. The zero-order valence-corrected chi connectivity index (χ0v) is 12.9. The van der Waals surface area contributed by atoms with Gasteiger partial charge < -0.3 is 0 Å². The standard InChI is InChI=1S/C21H18N2/c1-3-7-17(8-4-1)13-14-23-21-15-19(11-12-20(21)16-22-23)18-9-5-2-6-10-18/h1,3-5,7-16H,2,6H2. The van der Waals surface area contributed by atoms with Gasteiger partial charge in [-0.05, 0) is 41.7 Å². The van der Waals surface area contributed by atoms with Crippen molar-refractivity contribution in [2.45, 2.75) is 12.8 Å². The quantitative estimate of drug-likeness (QED) is 0.633. The van der Waals surface area contributed by atoms with E-state index in [-0.39, 0.29) is 0 Å². The Bertz CT molecular complexity index is 911. The fourth-order valence-electron chi connectivity index (χ4n) is 2.88. The molecular formula is C21H18N2. The Labute approximate surface area is 136 Å². The molecule has 1 aliphatic rings. The second-order valence-corrected chi connectivity index (χ2v) is 5.73. The first-order valence-corrected chi connectivity index (χ1v) is 7.98. The highest BCUT2D eigenvalue weighted by Crippen LogP contribution is 2.25. The van der Waals surface area contributed by atoms with Crippen LogP contribution in [0.4, 0.5) is 0 Å². The lowest BCUT2D eigenvalue weighted by Crippen LogP contribution is -1.90. The van der Waals surface area contributed by atoms with Gasteiger partial charge in [-0.2, -0.15) is 5.10 Å². The van der Waals surface area contributed by atoms with E-state index in [2.05, 4.69) is 59.7 Å². The molecule has 0 saturated heterocycles. The Balaban J connectivity index is 1.72. The van der Waals surface area contributed by atoms with Crippen LogP contribution in [0.15, 0.2) is 73.0 Å². The Morgan fingerprint density at radius 3 is 2.74 bits per heavy atom. The van der Waals surface area contributed by atoms with Gasteiger partial charge in [0.1, 0.15) is 0 Å². The van der Waals surface area contributed by atoms with Crippen LogP contribution in [0.25, 0.3) is 28.8 Å². The van der Waals surface area contributed by atoms with Gasteiger partial charge in [0.25, 0.3) is 0 Å². The first-order valence-electron chi connectivity index (χ1n) is 7.98. The first kappa shape index (κ1) is 13.8. The molecule has 2 nitrogen and oxygen atoms in total. The third-order valence-corrected chi connectivity index (χ3v) is 4.13. The van der Waals surface area contributed by atoms with Crippen LogP contribution in [-0.4, -0.2) is 9.78 Å². The molecule has 0 bridgehead atoms. The Hall–Kier alpha value is -2.87. The van der Waals surface area contributed by atoms with E-state index >= 15 is 0 Å². The number of allylic oxidation sites excluding steroid dienone is 4. The average molecular weight is 298 g/mol. The van der Waals surface area contributed by atoms with Gasteiger partial charge in [-0.15, -0.1) is 0 Å². The van der Waals surface area contributed by atoms with Gasteiger partial charge in [0.15, 0.2) is 0 Å². The fraction of sp³-hybridized carbons (Fsp3) is 0.0952. The fourth-order valence-corrected chi connectivity index (χ4v) is 2.88. The average Bonchev–Trinajstić information content (AvgIpc) is 3.04. The molecule has 0 atom stereocenters. The summed E-state index contributed by atoms with van der Waals surface area (Å²) in [6.07, 6.45) is 15.0. The summed E-state index contributed by atoms with van der Waals surface area (Å²) >= 11 is 0. The minimum Gasteiger partial charge on any atom is -0.240 e. The van der Waals surface area contributed by atoms with Crippen molar-refractivity contribution in [1.82, 2.24) is 9.78 Å². The molecule has 3 aromatic rings. The van der Waals surface area contributed by atoms with E-state index in [1.54, 1.807) is 0 Å². The van der Waals surface area contributed by atoms with Crippen LogP contribution in [0.5, 0.6) is 0 Å². The molecule has 0 amide bonds. The third kappa shape index (κ3) is 2.88. The van der Waals surface area contributed by atoms with Crippen molar-refractivity contribution in [2.75, 3.05) is 0 Å². The summed E-state index contributed by atoms with van der Waals surface area (Å²) in [5.41, 5.74) is 4.86. The maximum Gasteiger partial charge on any atom is 0.0740 e. The van der Waals surface area contributed by atoms with Crippen LogP contribution >= 0.6 is 0 Å². The number of aromatic nitrogens is 2. The van der Waals surface area contributed by atoms with Crippen LogP contribution in [-0.2, 0) is 0 Å². The molecule has 1 heterocycles. The lowest BCUT2D eigenvalue weighted by atomic mass is 9.99. The zero-order chi connectivity index (χ0) is 15.5. The van der Waals surface area contributed by atoms with E-state index < -0.39 is 0 Å². The van der Waals surface area contributed by atoms with E-state index in [0.29, 0.717) is 0 Å². The summed E-state index contributed by atoms with van der Waals surface area (Å²) in [4.78, 5) is 0. The summed E-state index contributed by atoms with van der Waals surface area (Å²) in [5, 5.41) is 5.65. The first-order chi connectivity index (χ1) is 11.4. The minimum atomic E-state index is 1.12. The second kappa shape index (κ2) is 6.09. The van der Waals surface area contributed by atoms with Crippen LogP contribution in [0.3, 0.4) is 0 Å². The van der Waals surface area contributed by atoms with Crippen molar-refractivity contribution in [1.29, 1.82) is 0 Å². The lowest BCUT2D eigenvalue weighted by Gasteiger charge is -2.07. The third-order valence-electron chi connectivity index (χ3n) is 4.13. The number of hydrogen-bond donors (Lipinski definition) is 0. The molecule has 2 aromatic carbocycles. The molecular weight excluding hydrogens is 280 g/mol. The second-order valence-electron chi connectivity index (χ2n) is 5.73. The van der Waals surface area contributed by atoms with Crippen LogP contribution < -0.4 is 0 Å². The van der Waals surface area contributed by atoms with Gasteiger partial charge in [-0.1, -0.05) is 60.7 Å². The van der Waals surface area contributed by atoms with Crippen molar-refractivity contribution in [3.63, 3.8) is 0 Å². The highest BCUT2D eigenvalue weighted by Gasteiger charge is 2.05. The van der Waals surface area contributed by atoms with Gasteiger partial charge in [0, 0.05) is 11.6 Å². The van der Waals surface area contributed by atoms with E-state index in [1.807, 2.05) is 35.3 Å². The topological polar surface area (TPSA) is 17.8 Å². The molecule has 1 aliphatic carbocycles. The molecule has 0 spiro atoms. The predicted octanol–water partition coefficient (Wildman–Crippen LogP) is 5.40. The maximum atomic E-state index is 4.49. The molecule has 0 radical (unpaired) electrons. The van der Waals surface area contributed by atoms with Crippen molar-refractivity contribution >= 4 is 28.8 Å². The summed E-state index contributed by atoms with van der Waals surface area (Å²) in [5.74, 6) is 0. The summed E-state index contributed by atoms with van der Waals surface area (Å²) in [6, 6.07) is 16.8. The number of hydrogen-bond acceptors (Lipinski definition) is 1. The van der Waals surface area contributed by atoms with E-state index in [4.69, 9.17) is 0 Å². The summed E-state index contributed by atoms with van der Waals surface area (Å²) in [7, 11) is 0. The SMILES string of the molecule is C1=CC(c2ccc3cnn(C=Cc4ccccc4)c3c2)=CCC1. The zero-order valence-electron chi connectivity index (χ0n) is 12.9.